The molecule has 2 N–H and O–H groups in total. The highest BCUT2D eigenvalue weighted by Crippen LogP contribution is 2.36. The van der Waals surface area contributed by atoms with E-state index >= 15 is 0 Å². The number of carbonyl (C=O) groups is 3. The highest BCUT2D eigenvalue weighted by Gasteiger charge is 2.37. The van der Waals surface area contributed by atoms with E-state index in [2.05, 4.69) is 10.0 Å². The van der Waals surface area contributed by atoms with Gasteiger partial charge in [0.2, 0.25) is 5.91 Å². The summed E-state index contributed by atoms with van der Waals surface area (Å²) < 4.78 is 42.4. The first kappa shape index (κ1) is 26.1. The summed E-state index contributed by atoms with van der Waals surface area (Å²) >= 11 is 0. The molecular weight excluding hydrogens is 521 g/mol. The zero-order chi connectivity index (χ0) is 27.9. The number of carbonyl (C=O) groups excluding carboxylic acids is 3. The van der Waals surface area contributed by atoms with Crippen molar-refractivity contribution in [3.05, 3.63) is 96.1 Å². The monoisotopic (exact) mass is 545 g/mol. The summed E-state index contributed by atoms with van der Waals surface area (Å²) in [5.41, 5.74) is 0.301. The molecule has 39 heavy (non-hydrogen) atoms. The highest BCUT2D eigenvalue weighted by molar-refractivity contribution is 7.93. The molecule has 5 rings (SSSR count). The lowest BCUT2D eigenvalue weighted by Crippen LogP contribution is -2.32. The number of hydrogen-bond acceptors (Lipinski definition) is 5. The van der Waals surface area contributed by atoms with E-state index in [1.54, 1.807) is 54.6 Å². The van der Waals surface area contributed by atoms with E-state index in [-0.39, 0.29) is 27.4 Å². The van der Waals surface area contributed by atoms with Gasteiger partial charge in [-0.3, -0.25) is 19.1 Å². The Morgan fingerprint density at radius 2 is 1.36 bits per heavy atom. The Labute approximate surface area is 224 Å². The number of amides is 3. The molecule has 1 aliphatic heterocycles. The maximum absolute atomic E-state index is 13.4. The Morgan fingerprint density at radius 1 is 0.795 bits per heavy atom. The van der Waals surface area contributed by atoms with Crippen LogP contribution >= 0.6 is 0 Å². The van der Waals surface area contributed by atoms with Gasteiger partial charge >= 0.3 is 0 Å². The number of halogens is 1. The zero-order valence-corrected chi connectivity index (χ0v) is 21.9. The molecule has 0 saturated heterocycles. The molecule has 0 spiro atoms. The number of benzene rings is 4. The van der Waals surface area contributed by atoms with Crippen molar-refractivity contribution in [1.82, 2.24) is 0 Å². The van der Waals surface area contributed by atoms with Crippen molar-refractivity contribution in [2.24, 2.45) is 5.41 Å². The van der Waals surface area contributed by atoms with E-state index in [1.165, 1.54) is 44.2 Å². The predicted molar refractivity (Wildman–Crippen MR) is 147 cm³/mol. The van der Waals surface area contributed by atoms with Crippen LogP contribution in [0.25, 0.3) is 10.8 Å². The van der Waals surface area contributed by atoms with Crippen LogP contribution in [0.15, 0.2) is 89.8 Å². The van der Waals surface area contributed by atoms with E-state index in [1.807, 2.05) is 0 Å². The smallest absolute Gasteiger partial charge is 0.266 e. The van der Waals surface area contributed by atoms with Crippen molar-refractivity contribution in [2.45, 2.75) is 18.7 Å². The Morgan fingerprint density at radius 3 is 1.97 bits per heavy atom. The van der Waals surface area contributed by atoms with Crippen molar-refractivity contribution >= 4 is 55.6 Å². The molecule has 1 aliphatic rings. The van der Waals surface area contributed by atoms with Crippen molar-refractivity contribution in [1.29, 1.82) is 0 Å². The summed E-state index contributed by atoms with van der Waals surface area (Å²) in [5.74, 6) is -1.45. The van der Waals surface area contributed by atoms with Gasteiger partial charge in [0.25, 0.3) is 21.8 Å². The fourth-order valence-corrected chi connectivity index (χ4v) is 5.58. The van der Waals surface area contributed by atoms with Gasteiger partial charge in [-0.1, -0.05) is 36.4 Å². The highest BCUT2D eigenvalue weighted by atomic mass is 32.2. The normalized spacial score (nSPS) is 13.5. The van der Waals surface area contributed by atoms with Gasteiger partial charge in [0, 0.05) is 22.1 Å². The van der Waals surface area contributed by atoms with Crippen LogP contribution in [0.3, 0.4) is 0 Å². The minimum atomic E-state index is -4.10. The second-order valence-corrected chi connectivity index (χ2v) is 11.4. The molecule has 3 amide bonds. The number of alkyl halides is 1. The van der Waals surface area contributed by atoms with Gasteiger partial charge in [0.1, 0.15) is 6.67 Å². The first-order valence-electron chi connectivity index (χ1n) is 12.0. The molecule has 10 heteroatoms. The van der Waals surface area contributed by atoms with E-state index < -0.39 is 39.8 Å². The molecule has 1 heterocycles. The van der Waals surface area contributed by atoms with Crippen molar-refractivity contribution < 1.29 is 27.2 Å². The van der Waals surface area contributed by atoms with Gasteiger partial charge in [-0.15, -0.1) is 0 Å². The molecule has 0 atom stereocenters. The van der Waals surface area contributed by atoms with Gasteiger partial charge in [-0.05, 0) is 62.4 Å². The van der Waals surface area contributed by atoms with Crippen LogP contribution in [-0.2, 0) is 14.8 Å². The van der Waals surface area contributed by atoms with E-state index in [0.717, 1.165) is 4.90 Å². The summed E-state index contributed by atoms with van der Waals surface area (Å²) in [6.07, 6.45) is 0. The minimum absolute atomic E-state index is 0.0412. The first-order valence-corrected chi connectivity index (χ1v) is 13.5. The molecule has 0 fully saturated rings. The standard InChI is InChI=1S/C29H24FN3O5S/c1-29(2,17-30)28(36)31-18-13-15-19(16-14-18)32-39(37,38)25-12-6-9-20-21(25)10-5-11-24(20)33-26(34)22-7-3-4-8-23(22)27(33)35/h3-16,32H,17H2,1-2H3,(H,31,36). The molecule has 4 aromatic carbocycles. The molecule has 0 aromatic heterocycles. The molecular formula is C29H24FN3O5S. The second-order valence-electron chi connectivity index (χ2n) is 9.77. The summed E-state index contributed by atoms with van der Waals surface area (Å²) in [5, 5.41) is 3.36. The average molecular weight is 546 g/mol. The summed E-state index contributed by atoms with van der Waals surface area (Å²) in [6, 6.07) is 21.9. The number of imide groups is 1. The number of fused-ring (bicyclic) bond motifs is 2. The number of anilines is 3. The van der Waals surface area contributed by atoms with Crippen LogP contribution in [-0.4, -0.2) is 32.8 Å². The van der Waals surface area contributed by atoms with Gasteiger partial charge in [0.05, 0.1) is 27.1 Å². The second kappa shape index (κ2) is 9.63. The molecule has 0 aliphatic carbocycles. The van der Waals surface area contributed by atoms with Gasteiger partial charge < -0.3 is 5.32 Å². The molecule has 0 radical (unpaired) electrons. The Bertz CT molecular complexity index is 1720. The number of sulfonamides is 1. The Hall–Kier alpha value is -4.57. The van der Waals surface area contributed by atoms with Crippen LogP contribution in [0, 0.1) is 5.41 Å². The molecule has 8 nitrogen and oxygen atoms in total. The maximum Gasteiger partial charge on any atom is 0.266 e. The summed E-state index contributed by atoms with van der Waals surface area (Å²) in [7, 11) is -4.10. The lowest BCUT2D eigenvalue weighted by molar-refractivity contribution is -0.124. The van der Waals surface area contributed by atoms with Crippen molar-refractivity contribution in [3.8, 4) is 0 Å². The Balaban J connectivity index is 1.45. The fraction of sp³-hybridized carbons (Fsp3) is 0.138. The minimum Gasteiger partial charge on any atom is -0.326 e. The lowest BCUT2D eigenvalue weighted by atomic mass is 9.94. The summed E-state index contributed by atoms with van der Waals surface area (Å²) in [6.45, 7) is 2.14. The van der Waals surface area contributed by atoms with E-state index in [4.69, 9.17) is 0 Å². The first-order chi connectivity index (χ1) is 18.5. The summed E-state index contributed by atoms with van der Waals surface area (Å²) in [4.78, 5) is 39.4. The van der Waals surface area contributed by atoms with Crippen molar-refractivity contribution in [3.63, 3.8) is 0 Å². The van der Waals surface area contributed by atoms with E-state index in [0.29, 0.717) is 16.5 Å². The van der Waals surface area contributed by atoms with Crippen LogP contribution in [0.2, 0.25) is 0 Å². The molecule has 0 unspecified atom stereocenters. The van der Waals surface area contributed by atoms with Crippen LogP contribution in [0.1, 0.15) is 34.6 Å². The zero-order valence-electron chi connectivity index (χ0n) is 21.1. The number of hydrogen-bond donors (Lipinski definition) is 2. The third kappa shape index (κ3) is 4.63. The topological polar surface area (TPSA) is 113 Å². The molecule has 4 aromatic rings. The van der Waals surface area contributed by atoms with Gasteiger partial charge in [-0.25, -0.2) is 17.7 Å². The SMILES string of the molecule is CC(C)(CF)C(=O)Nc1ccc(NS(=O)(=O)c2cccc3c(N4C(=O)c5ccccc5C4=O)cccc23)cc1. The van der Waals surface area contributed by atoms with Gasteiger partial charge in [0.15, 0.2) is 0 Å². The maximum atomic E-state index is 13.4. The van der Waals surface area contributed by atoms with E-state index in [9.17, 15) is 27.2 Å². The van der Waals surface area contributed by atoms with Crippen molar-refractivity contribution in [2.75, 3.05) is 21.6 Å². The average Bonchev–Trinajstić information content (AvgIpc) is 3.18. The third-order valence-corrected chi connectivity index (χ3v) is 7.97. The van der Waals surface area contributed by atoms with Gasteiger partial charge in [-0.2, -0.15) is 0 Å². The number of nitrogens with zero attached hydrogens (tertiary/aromatic N) is 1. The largest absolute Gasteiger partial charge is 0.326 e. The number of nitrogens with one attached hydrogen (secondary N) is 2. The third-order valence-electron chi connectivity index (χ3n) is 6.53. The van der Waals surface area contributed by atoms with Crippen LogP contribution in [0.4, 0.5) is 21.5 Å². The quantitative estimate of drug-likeness (QED) is 0.303. The predicted octanol–water partition coefficient (Wildman–Crippen LogP) is 5.38. The lowest BCUT2D eigenvalue weighted by Gasteiger charge is -2.19. The number of rotatable bonds is 7. The van der Waals surface area contributed by atoms with Crippen LogP contribution in [0.5, 0.6) is 0 Å². The molecule has 198 valence electrons. The van der Waals surface area contributed by atoms with Crippen LogP contribution < -0.4 is 14.9 Å². The molecule has 0 saturated carbocycles. The Kier molecular flexibility index (Phi) is 6.43. The fourth-order valence-electron chi connectivity index (χ4n) is 4.29. The molecule has 0 bridgehead atoms.